The van der Waals surface area contributed by atoms with Crippen LogP contribution in [0.15, 0.2) is 47.6 Å². The van der Waals surface area contributed by atoms with E-state index in [1.807, 2.05) is 6.07 Å². The van der Waals surface area contributed by atoms with E-state index in [-0.39, 0.29) is 36.1 Å². The molecule has 2 aromatic carbocycles. The predicted octanol–water partition coefficient (Wildman–Crippen LogP) is 4.38. The molecule has 4 rings (SSSR count). The fourth-order valence-electron chi connectivity index (χ4n) is 4.10. The third-order valence-corrected chi connectivity index (χ3v) is 6.46. The molecule has 1 heterocycles. The Morgan fingerprint density at radius 3 is 2.42 bits per heavy atom. The number of halogens is 1. The molecule has 0 radical (unpaired) electrons. The van der Waals surface area contributed by atoms with Crippen molar-refractivity contribution in [2.45, 2.75) is 45.6 Å². The van der Waals surface area contributed by atoms with Gasteiger partial charge in [-0.2, -0.15) is 5.10 Å². The summed E-state index contributed by atoms with van der Waals surface area (Å²) in [5.41, 5.74) is 4.98. The molecule has 0 N–H and O–H groups in total. The highest BCUT2D eigenvalue weighted by Crippen LogP contribution is 2.34. The van der Waals surface area contributed by atoms with Crippen molar-refractivity contribution >= 4 is 17.5 Å². The molecule has 31 heavy (non-hydrogen) atoms. The topological polar surface area (TPSA) is 53.0 Å². The molecule has 2 amide bonds. The van der Waals surface area contributed by atoms with Gasteiger partial charge in [0.05, 0.1) is 11.8 Å². The quantitative estimate of drug-likeness (QED) is 0.720. The lowest BCUT2D eigenvalue weighted by atomic mass is 9.84. The fourth-order valence-corrected chi connectivity index (χ4v) is 4.10. The van der Waals surface area contributed by atoms with E-state index >= 15 is 0 Å². The van der Waals surface area contributed by atoms with Crippen molar-refractivity contribution in [3.63, 3.8) is 0 Å². The summed E-state index contributed by atoms with van der Waals surface area (Å²) in [4.78, 5) is 27.2. The third-order valence-electron chi connectivity index (χ3n) is 6.46. The second-order valence-electron chi connectivity index (χ2n) is 8.68. The van der Waals surface area contributed by atoms with Crippen LogP contribution in [0.4, 0.5) is 4.39 Å². The molecule has 1 aliphatic carbocycles. The van der Waals surface area contributed by atoms with Gasteiger partial charge in [-0.1, -0.05) is 30.7 Å². The third kappa shape index (κ3) is 4.38. The van der Waals surface area contributed by atoms with E-state index in [1.54, 1.807) is 19.2 Å². The number of carbonyl (C=O) groups excluding carboxylic acids is 2. The van der Waals surface area contributed by atoms with Crippen LogP contribution < -0.4 is 0 Å². The summed E-state index contributed by atoms with van der Waals surface area (Å²) in [6.45, 7) is 4.09. The maximum absolute atomic E-state index is 13.5. The minimum absolute atomic E-state index is 0.0171. The largest absolute Gasteiger partial charge is 0.336 e. The number of rotatable bonds is 5. The normalized spacial score (nSPS) is 18.5. The Hall–Kier alpha value is -3.02. The maximum Gasteiger partial charge on any atom is 0.262 e. The first-order valence-electron chi connectivity index (χ1n) is 10.8. The van der Waals surface area contributed by atoms with Crippen molar-refractivity contribution in [3.05, 3.63) is 70.5 Å². The van der Waals surface area contributed by atoms with Gasteiger partial charge >= 0.3 is 0 Å². The molecule has 1 fully saturated rings. The molecule has 1 aliphatic heterocycles. The second kappa shape index (κ2) is 8.61. The van der Waals surface area contributed by atoms with E-state index in [9.17, 15) is 14.0 Å². The van der Waals surface area contributed by atoms with Gasteiger partial charge in [-0.3, -0.25) is 9.59 Å². The van der Waals surface area contributed by atoms with Gasteiger partial charge in [-0.05, 0) is 67.1 Å². The van der Waals surface area contributed by atoms with Gasteiger partial charge < -0.3 is 4.90 Å². The van der Waals surface area contributed by atoms with Gasteiger partial charge in [-0.25, -0.2) is 9.40 Å². The number of hydrazone groups is 1. The van der Waals surface area contributed by atoms with Crippen LogP contribution in [0, 0.1) is 25.6 Å². The number of amides is 2. The summed E-state index contributed by atoms with van der Waals surface area (Å²) >= 11 is 0. The molecule has 2 aliphatic rings. The first kappa shape index (κ1) is 21.2. The molecular formula is C25H28FN3O2. The van der Waals surface area contributed by atoms with Crippen LogP contribution in [-0.4, -0.2) is 41.0 Å². The summed E-state index contributed by atoms with van der Waals surface area (Å²) < 4.78 is 13.5. The maximum atomic E-state index is 13.5. The zero-order valence-electron chi connectivity index (χ0n) is 18.3. The predicted molar refractivity (Wildman–Crippen MR) is 118 cm³/mol. The SMILES string of the molecule is Cc1ccc(C2=NN(C(=O)CN(C)C(=O)C3CCC3)[C@@H](c3ccc(F)cc3)C2)cc1C. The second-order valence-corrected chi connectivity index (χ2v) is 8.68. The number of hydrogen-bond acceptors (Lipinski definition) is 3. The minimum atomic E-state index is -0.322. The Labute approximate surface area is 182 Å². The van der Waals surface area contributed by atoms with Crippen LogP contribution in [0.2, 0.25) is 0 Å². The highest BCUT2D eigenvalue weighted by molar-refractivity contribution is 6.03. The Balaban J connectivity index is 1.59. The average molecular weight is 422 g/mol. The summed E-state index contributed by atoms with van der Waals surface area (Å²) in [7, 11) is 1.68. The molecule has 162 valence electrons. The molecule has 6 heteroatoms. The zero-order chi connectivity index (χ0) is 22.1. The van der Waals surface area contributed by atoms with Gasteiger partial charge in [0.1, 0.15) is 12.4 Å². The molecular weight excluding hydrogens is 393 g/mol. The van der Waals surface area contributed by atoms with Crippen LogP contribution in [0.1, 0.15) is 54.0 Å². The van der Waals surface area contributed by atoms with Crippen molar-refractivity contribution in [1.29, 1.82) is 0 Å². The Morgan fingerprint density at radius 1 is 1.10 bits per heavy atom. The van der Waals surface area contributed by atoms with Crippen molar-refractivity contribution in [3.8, 4) is 0 Å². The lowest BCUT2D eigenvalue weighted by molar-refractivity contribution is -0.144. The van der Waals surface area contributed by atoms with Crippen molar-refractivity contribution < 1.29 is 14.0 Å². The molecule has 1 saturated carbocycles. The Bertz CT molecular complexity index is 1030. The lowest BCUT2D eigenvalue weighted by Gasteiger charge is -2.30. The van der Waals surface area contributed by atoms with Gasteiger partial charge in [0.2, 0.25) is 5.91 Å². The highest BCUT2D eigenvalue weighted by atomic mass is 19.1. The van der Waals surface area contributed by atoms with E-state index in [4.69, 9.17) is 0 Å². The van der Waals surface area contributed by atoms with Gasteiger partial charge in [0.15, 0.2) is 0 Å². The molecule has 0 aromatic heterocycles. The van der Waals surface area contributed by atoms with Crippen LogP contribution >= 0.6 is 0 Å². The molecule has 0 saturated heterocycles. The monoisotopic (exact) mass is 421 g/mol. The van der Waals surface area contributed by atoms with Crippen molar-refractivity contribution in [1.82, 2.24) is 9.91 Å². The summed E-state index contributed by atoms with van der Waals surface area (Å²) in [6, 6.07) is 12.0. The summed E-state index contributed by atoms with van der Waals surface area (Å²) in [5.74, 6) is -0.488. The van der Waals surface area contributed by atoms with E-state index < -0.39 is 0 Å². The molecule has 5 nitrogen and oxygen atoms in total. The van der Waals surface area contributed by atoms with Crippen molar-refractivity contribution in [2.24, 2.45) is 11.0 Å². The minimum Gasteiger partial charge on any atom is -0.336 e. The zero-order valence-corrected chi connectivity index (χ0v) is 18.3. The number of carbonyl (C=O) groups is 2. The van der Waals surface area contributed by atoms with Crippen LogP contribution in [0.25, 0.3) is 0 Å². The number of likely N-dealkylation sites (N-methyl/N-ethyl adjacent to an activating group) is 1. The van der Waals surface area contributed by atoms with Gasteiger partial charge in [-0.15, -0.1) is 0 Å². The summed E-state index contributed by atoms with van der Waals surface area (Å²) in [6.07, 6.45) is 3.41. The number of aryl methyl sites for hydroxylation is 2. The number of nitrogens with zero attached hydrogens (tertiary/aromatic N) is 3. The van der Waals surface area contributed by atoms with E-state index in [1.165, 1.54) is 27.6 Å². The average Bonchev–Trinajstić information content (AvgIpc) is 3.15. The van der Waals surface area contributed by atoms with Crippen LogP contribution in [0.5, 0.6) is 0 Å². The number of hydrogen-bond donors (Lipinski definition) is 0. The molecule has 0 unspecified atom stereocenters. The van der Waals surface area contributed by atoms with E-state index in [0.29, 0.717) is 6.42 Å². The molecule has 0 spiro atoms. The first-order chi connectivity index (χ1) is 14.8. The van der Waals surface area contributed by atoms with Crippen LogP contribution in [-0.2, 0) is 9.59 Å². The Kier molecular flexibility index (Phi) is 5.90. The Morgan fingerprint density at radius 2 is 1.81 bits per heavy atom. The van der Waals surface area contributed by atoms with Gasteiger partial charge in [0.25, 0.3) is 5.91 Å². The number of benzene rings is 2. The lowest BCUT2D eigenvalue weighted by Crippen LogP contribution is -2.42. The van der Waals surface area contributed by atoms with Crippen molar-refractivity contribution in [2.75, 3.05) is 13.6 Å². The van der Waals surface area contributed by atoms with Crippen LogP contribution in [0.3, 0.4) is 0 Å². The standard InChI is InChI=1S/C25H28FN3O2/c1-16-7-8-20(13-17(16)2)22-14-23(18-9-11-21(26)12-10-18)29(27-22)24(30)15-28(3)25(31)19-5-4-6-19/h7-13,19,23H,4-6,14-15H2,1-3H3/t23-/m1/s1. The first-order valence-corrected chi connectivity index (χ1v) is 10.8. The van der Waals surface area contributed by atoms with E-state index in [2.05, 4.69) is 31.1 Å². The highest BCUT2D eigenvalue weighted by Gasteiger charge is 2.35. The summed E-state index contributed by atoms with van der Waals surface area (Å²) in [5, 5.41) is 6.14. The van der Waals surface area contributed by atoms with Gasteiger partial charge in [0, 0.05) is 19.4 Å². The fraction of sp³-hybridized carbons (Fsp3) is 0.400. The smallest absolute Gasteiger partial charge is 0.262 e. The molecule has 1 atom stereocenters. The molecule has 2 aromatic rings. The molecule has 0 bridgehead atoms. The van der Waals surface area contributed by atoms with E-state index in [0.717, 1.165) is 41.7 Å².